The highest BCUT2D eigenvalue weighted by Crippen LogP contribution is 2.25. The van der Waals surface area contributed by atoms with Gasteiger partial charge in [-0.25, -0.2) is 19.2 Å². The third-order valence-corrected chi connectivity index (χ3v) is 7.65. The summed E-state index contributed by atoms with van der Waals surface area (Å²) >= 11 is 5.85. The van der Waals surface area contributed by atoms with E-state index in [4.69, 9.17) is 25.7 Å². The van der Waals surface area contributed by atoms with E-state index in [9.17, 15) is 14.3 Å². The lowest BCUT2D eigenvalue weighted by Crippen LogP contribution is -2.52. The van der Waals surface area contributed by atoms with Crippen LogP contribution >= 0.6 is 11.6 Å². The minimum Gasteiger partial charge on any atom is -0.478 e. The van der Waals surface area contributed by atoms with Gasteiger partial charge in [-0.3, -0.25) is 4.90 Å². The number of rotatable bonds is 9. The van der Waals surface area contributed by atoms with Gasteiger partial charge in [-0.1, -0.05) is 23.7 Å². The summed E-state index contributed by atoms with van der Waals surface area (Å²) in [5.41, 5.74) is 2.79. The van der Waals surface area contributed by atoms with Gasteiger partial charge in [0.2, 0.25) is 5.88 Å². The van der Waals surface area contributed by atoms with Gasteiger partial charge in [0.15, 0.2) is 6.39 Å². The fourth-order valence-electron chi connectivity index (χ4n) is 5.15. The molecule has 6 rings (SSSR count). The zero-order valence-corrected chi connectivity index (χ0v) is 23.5. The average molecular weight is 591 g/mol. The van der Waals surface area contributed by atoms with Crippen LogP contribution in [0.5, 0.6) is 5.88 Å². The lowest BCUT2D eigenvalue weighted by molar-refractivity contribution is 0.0697. The van der Waals surface area contributed by atoms with Crippen LogP contribution in [0.1, 0.15) is 34.4 Å². The predicted molar refractivity (Wildman–Crippen MR) is 154 cm³/mol. The van der Waals surface area contributed by atoms with E-state index in [0.29, 0.717) is 29.6 Å². The van der Waals surface area contributed by atoms with E-state index in [1.165, 1.54) is 12.5 Å². The molecule has 0 bridgehead atoms. The Labute approximate surface area is 245 Å². The second-order valence-corrected chi connectivity index (χ2v) is 10.7. The Kier molecular flexibility index (Phi) is 7.77. The number of carbonyl (C=O) groups is 1. The number of imidazole rings is 1. The first-order chi connectivity index (χ1) is 20.3. The number of aromatic carboxylic acids is 1. The van der Waals surface area contributed by atoms with Gasteiger partial charge < -0.3 is 23.7 Å². The molecule has 42 heavy (non-hydrogen) atoms. The quantitative estimate of drug-likeness (QED) is 0.246. The maximum atomic E-state index is 14.2. The standard InChI is InChI=1S/C30H28ClFN6O4/c1-19-13-37(27-3-2-4-29(35-27)42-16-21-5-7-22(31)12-24(21)32)10-9-36(19)15-28-34-25-8-6-20(30(39)40)11-26(25)38(28)14-23-17-41-18-33-23/h2-8,11-12,17-19H,9-10,13-16H2,1H3,(H,39,40)/t19-/m1/s1. The molecule has 1 fully saturated rings. The SMILES string of the molecule is C[C@@H]1CN(c2cccc(OCc3ccc(Cl)cc3F)n2)CCN1Cc1nc2ccc(C(=O)O)cc2n1Cc1cocn1. The van der Waals surface area contributed by atoms with Gasteiger partial charge in [0.1, 0.15) is 30.3 Å². The van der Waals surface area contributed by atoms with Gasteiger partial charge >= 0.3 is 5.97 Å². The molecule has 0 radical (unpaired) electrons. The molecule has 1 N–H and O–H groups in total. The van der Waals surface area contributed by atoms with Crippen molar-refractivity contribution in [1.29, 1.82) is 0 Å². The highest BCUT2D eigenvalue weighted by molar-refractivity contribution is 6.30. The molecule has 1 saturated heterocycles. The molecule has 1 aliphatic rings. The molecule has 10 nitrogen and oxygen atoms in total. The van der Waals surface area contributed by atoms with Crippen molar-refractivity contribution in [3.8, 4) is 5.88 Å². The fourth-order valence-corrected chi connectivity index (χ4v) is 5.31. The van der Waals surface area contributed by atoms with Gasteiger partial charge in [-0.15, -0.1) is 0 Å². The normalized spacial score (nSPS) is 15.8. The Morgan fingerprint density at radius 1 is 1.14 bits per heavy atom. The number of piperazine rings is 1. The number of halogens is 2. The maximum Gasteiger partial charge on any atom is 0.335 e. The molecule has 3 aromatic heterocycles. The largest absolute Gasteiger partial charge is 0.478 e. The number of carboxylic acid groups (broad SMARTS) is 1. The van der Waals surface area contributed by atoms with E-state index < -0.39 is 11.8 Å². The number of oxazole rings is 1. The summed E-state index contributed by atoms with van der Waals surface area (Å²) in [4.78, 5) is 30.0. The maximum absolute atomic E-state index is 14.2. The topological polar surface area (TPSA) is 110 Å². The first-order valence-electron chi connectivity index (χ1n) is 13.5. The highest BCUT2D eigenvalue weighted by Gasteiger charge is 2.27. The molecular weight excluding hydrogens is 563 g/mol. The second-order valence-electron chi connectivity index (χ2n) is 10.2. The van der Waals surface area contributed by atoms with Crippen molar-refractivity contribution in [2.75, 3.05) is 24.5 Å². The Hall–Kier alpha value is -4.48. The number of nitrogens with zero attached hydrogens (tertiary/aromatic N) is 6. The predicted octanol–water partition coefficient (Wildman–Crippen LogP) is 5.25. The number of fused-ring (bicyclic) bond motifs is 1. The van der Waals surface area contributed by atoms with Crippen molar-refractivity contribution in [2.45, 2.75) is 32.7 Å². The Morgan fingerprint density at radius 2 is 2.02 bits per heavy atom. The third-order valence-electron chi connectivity index (χ3n) is 7.41. The molecule has 216 valence electrons. The Bertz CT molecular complexity index is 1730. The van der Waals surface area contributed by atoms with Gasteiger partial charge in [0.25, 0.3) is 0 Å². The Morgan fingerprint density at radius 3 is 2.79 bits per heavy atom. The van der Waals surface area contributed by atoms with Crippen LogP contribution < -0.4 is 9.64 Å². The molecule has 0 unspecified atom stereocenters. The first kappa shape index (κ1) is 27.7. The van der Waals surface area contributed by atoms with Crippen LogP contribution in [-0.4, -0.2) is 61.2 Å². The summed E-state index contributed by atoms with van der Waals surface area (Å²) in [6.07, 6.45) is 2.96. The van der Waals surface area contributed by atoms with E-state index in [0.717, 1.165) is 48.0 Å². The molecule has 0 aliphatic carbocycles. The van der Waals surface area contributed by atoms with Crippen molar-refractivity contribution in [2.24, 2.45) is 0 Å². The van der Waals surface area contributed by atoms with Crippen LogP contribution in [0, 0.1) is 5.82 Å². The van der Waals surface area contributed by atoms with Crippen LogP contribution in [0.2, 0.25) is 5.02 Å². The molecule has 2 aromatic carbocycles. The van der Waals surface area contributed by atoms with Crippen LogP contribution in [0.15, 0.2) is 71.7 Å². The smallest absolute Gasteiger partial charge is 0.335 e. The van der Waals surface area contributed by atoms with Gasteiger partial charge in [-0.05, 0) is 43.3 Å². The number of aromatic nitrogens is 4. The molecule has 4 heterocycles. The van der Waals surface area contributed by atoms with Crippen LogP contribution in [0.4, 0.5) is 10.2 Å². The van der Waals surface area contributed by atoms with Crippen molar-refractivity contribution in [3.63, 3.8) is 0 Å². The zero-order chi connectivity index (χ0) is 29.2. The fraction of sp³-hybridized carbons (Fsp3) is 0.267. The van der Waals surface area contributed by atoms with Gasteiger partial charge in [-0.2, -0.15) is 4.98 Å². The van der Waals surface area contributed by atoms with Crippen molar-refractivity contribution in [1.82, 2.24) is 24.4 Å². The van der Waals surface area contributed by atoms with Crippen LogP contribution in [0.25, 0.3) is 11.0 Å². The molecule has 1 aliphatic heterocycles. The molecule has 0 spiro atoms. The number of benzene rings is 2. The monoisotopic (exact) mass is 590 g/mol. The van der Waals surface area contributed by atoms with Gasteiger partial charge in [0.05, 0.1) is 35.4 Å². The molecule has 1 atom stereocenters. The van der Waals surface area contributed by atoms with E-state index in [1.54, 1.807) is 42.7 Å². The highest BCUT2D eigenvalue weighted by atomic mass is 35.5. The Balaban J connectivity index is 1.16. The van der Waals surface area contributed by atoms with Crippen LogP contribution in [0.3, 0.4) is 0 Å². The number of carboxylic acids is 1. The number of hydrogen-bond donors (Lipinski definition) is 1. The van der Waals surface area contributed by atoms with Crippen molar-refractivity contribution < 1.29 is 23.4 Å². The lowest BCUT2D eigenvalue weighted by atomic mass is 10.2. The summed E-state index contributed by atoms with van der Waals surface area (Å²) < 4.78 is 27.1. The average Bonchev–Trinajstić information content (AvgIpc) is 3.61. The summed E-state index contributed by atoms with van der Waals surface area (Å²) in [5.74, 6) is 0.617. The first-order valence-corrected chi connectivity index (χ1v) is 13.8. The van der Waals surface area contributed by atoms with Crippen molar-refractivity contribution in [3.05, 3.63) is 101 Å². The third kappa shape index (κ3) is 5.93. The number of anilines is 1. The van der Waals surface area contributed by atoms with Crippen molar-refractivity contribution >= 4 is 34.4 Å². The van der Waals surface area contributed by atoms with E-state index in [2.05, 4.69) is 26.7 Å². The lowest BCUT2D eigenvalue weighted by Gasteiger charge is -2.40. The minimum atomic E-state index is -0.988. The second kappa shape index (κ2) is 11.8. The van der Waals surface area contributed by atoms with Crippen LogP contribution in [-0.2, 0) is 19.7 Å². The van der Waals surface area contributed by atoms with E-state index in [-0.39, 0.29) is 18.2 Å². The summed E-state index contributed by atoms with van der Waals surface area (Å²) in [6, 6.07) is 15.2. The number of pyridine rings is 1. The molecule has 12 heteroatoms. The number of ether oxygens (including phenoxy) is 1. The van der Waals surface area contributed by atoms with E-state index in [1.807, 2.05) is 16.7 Å². The van der Waals surface area contributed by atoms with E-state index >= 15 is 0 Å². The molecule has 0 amide bonds. The number of hydrogen-bond acceptors (Lipinski definition) is 8. The molecule has 5 aromatic rings. The molecule has 0 saturated carbocycles. The minimum absolute atomic E-state index is 0.0485. The summed E-state index contributed by atoms with van der Waals surface area (Å²) in [5, 5.41) is 9.87. The molecular formula is C30H28ClFN6O4. The summed E-state index contributed by atoms with van der Waals surface area (Å²) in [6.45, 7) is 5.42. The van der Waals surface area contributed by atoms with Gasteiger partial charge in [0, 0.05) is 42.3 Å². The summed E-state index contributed by atoms with van der Waals surface area (Å²) in [7, 11) is 0. The zero-order valence-electron chi connectivity index (χ0n) is 22.8.